The van der Waals surface area contributed by atoms with Gasteiger partial charge in [0.05, 0.1) is 24.9 Å². The van der Waals surface area contributed by atoms with E-state index in [0.717, 1.165) is 5.69 Å². The summed E-state index contributed by atoms with van der Waals surface area (Å²) in [5.74, 6) is -0.147. The van der Waals surface area contributed by atoms with Gasteiger partial charge in [0.25, 0.3) is 5.91 Å². The average Bonchev–Trinajstić information content (AvgIpc) is 3.10. The molecule has 8 heteroatoms. The normalized spacial score (nSPS) is 20.6. The fraction of sp³-hybridized carbons (Fsp3) is 0.706. The van der Waals surface area contributed by atoms with Crippen molar-refractivity contribution < 1.29 is 14.3 Å². The first-order valence-electron chi connectivity index (χ1n) is 8.87. The van der Waals surface area contributed by atoms with Crippen LogP contribution in [0.4, 0.5) is 0 Å². The Kier molecular flexibility index (Phi) is 6.95. The number of aryl methyl sites for hydroxylation is 1. The van der Waals surface area contributed by atoms with Crippen LogP contribution >= 0.6 is 0 Å². The highest BCUT2D eigenvalue weighted by Crippen LogP contribution is 2.17. The molecular formula is C17H29N5O3. The van der Waals surface area contributed by atoms with E-state index >= 15 is 0 Å². The van der Waals surface area contributed by atoms with Gasteiger partial charge in [0, 0.05) is 25.7 Å². The first-order chi connectivity index (χ1) is 12.0. The van der Waals surface area contributed by atoms with Gasteiger partial charge in [0.15, 0.2) is 0 Å². The number of amides is 2. The SMILES string of the molecule is CCNC(=O)[C@@H]1C[C@H](NC(=O)c2cc(C)nn2CCOCC)CN1C. The van der Waals surface area contributed by atoms with Crippen molar-refractivity contribution in [2.24, 2.45) is 0 Å². The lowest BCUT2D eigenvalue weighted by atomic mass is 10.1. The molecule has 0 bridgehead atoms. The predicted octanol–water partition coefficient (Wildman–Crippen LogP) is 0.167. The van der Waals surface area contributed by atoms with Crippen LogP contribution in [0, 0.1) is 6.92 Å². The van der Waals surface area contributed by atoms with Crippen LogP contribution < -0.4 is 10.6 Å². The van der Waals surface area contributed by atoms with Crippen molar-refractivity contribution in [2.45, 2.75) is 45.8 Å². The lowest BCUT2D eigenvalue weighted by Gasteiger charge is -2.17. The number of hydrogen-bond acceptors (Lipinski definition) is 5. The van der Waals surface area contributed by atoms with Crippen LogP contribution in [0.5, 0.6) is 0 Å². The fourth-order valence-corrected chi connectivity index (χ4v) is 3.16. The van der Waals surface area contributed by atoms with E-state index in [-0.39, 0.29) is 23.9 Å². The Labute approximate surface area is 148 Å². The monoisotopic (exact) mass is 351 g/mol. The van der Waals surface area contributed by atoms with E-state index in [1.54, 1.807) is 10.7 Å². The van der Waals surface area contributed by atoms with Gasteiger partial charge < -0.3 is 15.4 Å². The zero-order chi connectivity index (χ0) is 18.4. The van der Waals surface area contributed by atoms with E-state index < -0.39 is 0 Å². The van der Waals surface area contributed by atoms with Gasteiger partial charge >= 0.3 is 0 Å². The van der Waals surface area contributed by atoms with E-state index in [2.05, 4.69) is 15.7 Å². The molecule has 2 heterocycles. The number of rotatable bonds is 8. The molecule has 1 aliphatic rings. The Balaban J connectivity index is 1.97. The highest BCUT2D eigenvalue weighted by Gasteiger charge is 2.35. The standard InChI is InChI=1S/C17H29N5O3/c1-5-18-16(23)14-10-13(11-21(14)4)19-17(24)15-9-12(3)20-22(15)7-8-25-6-2/h9,13-14H,5-8,10-11H2,1-4H3,(H,18,23)(H,19,24)/t13-,14-/m0/s1. The maximum atomic E-state index is 12.6. The van der Waals surface area contributed by atoms with Crippen molar-refractivity contribution in [3.8, 4) is 0 Å². The van der Waals surface area contributed by atoms with Crippen LogP contribution in [-0.4, -0.2) is 71.9 Å². The summed E-state index contributed by atoms with van der Waals surface area (Å²) >= 11 is 0. The van der Waals surface area contributed by atoms with E-state index in [1.807, 2.05) is 32.7 Å². The molecule has 1 aromatic rings. The summed E-state index contributed by atoms with van der Waals surface area (Å²) in [5, 5.41) is 10.2. The lowest BCUT2D eigenvalue weighted by molar-refractivity contribution is -0.124. The topological polar surface area (TPSA) is 88.5 Å². The number of nitrogens with one attached hydrogen (secondary N) is 2. The van der Waals surface area contributed by atoms with Gasteiger partial charge in [-0.3, -0.25) is 19.2 Å². The van der Waals surface area contributed by atoms with Crippen LogP contribution in [0.15, 0.2) is 6.07 Å². The Bertz CT molecular complexity index is 601. The van der Waals surface area contributed by atoms with Gasteiger partial charge in [-0.1, -0.05) is 0 Å². The minimum absolute atomic E-state index is 0.0133. The number of carbonyl (C=O) groups is 2. The molecule has 0 spiro atoms. The van der Waals surface area contributed by atoms with Crippen molar-refractivity contribution in [3.63, 3.8) is 0 Å². The maximum Gasteiger partial charge on any atom is 0.269 e. The van der Waals surface area contributed by atoms with Crippen molar-refractivity contribution in [2.75, 3.05) is 33.4 Å². The van der Waals surface area contributed by atoms with Crippen molar-refractivity contribution >= 4 is 11.8 Å². The number of aromatic nitrogens is 2. The molecule has 1 fully saturated rings. The third-order valence-electron chi connectivity index (χ3n) is 4.32. The second-order valence-electron chi connectivity index (χ2n) is 6.35. The highest BCUT2D eigenvalue weighted by molar-refractivity contribution is 5.93. The molecule has 25 heavy (non-hydrogen) atoms. The minimum Gasteiger partial charge on any atom is -0.380 e. The summed E-state index contributed by atoms with van der Waals surface area (Å²) in [6.45, 7) is 8.65. The number of likely N-dealkylation sites (N-methyl/N-ethyl adjacent to an activating group) is 2. The second kappa shape index (κ2) is 8.96. The number of nitrogens with zero attached hydrogens (tertiary/aromatic N) is 3. The number of ether oxygens (including phenoxy) is 1. The predicted molar refractivity (Wildman–Crippen MR) is 94.4 cm³/mol. The highest BCUT2D eigenvalue weighted by atomic mass is 16.5. The largest absolute Gasteiger partial charge is 0.380 e. The quantitative estimate of drug-likeness (QED) is 0.652. The Morgan fingerprint density at radius 3 is 2.84 bits per heavy atom. The first kappa shape index (κ1) is 19.4. The van der Waals surface area contributed by atoms with Crippen LogP contribution in [0.2, 0.25) is 0 Å². The molecule has 1 aliphatic heterocycles. The summed E-state index contributed by atoms with van der Waals surface area (Å²) in [4.78, 5) is 26.7. The zero-order valence-corrected chi connectivity index (χ0v) is 15.5. The molecule has 1 aromatic heterocycles. The molecule has 1 saturated heterocycles. The molecule has 0 aromatic carbocycles. The Morgan fingerprint density at radius 1 is 1.40 bits per heavy atom. The van der Waals surface area contributed by atoms with Crippen LogP contribution in [0.1, 0.15) is 36.5 Å². The third kappa shape index (κ3) is 5.02. The minimum atomic E-state index is -0.199. The number of hydrogen-bond donors (Lipinski definition) is 2. The fourth-order valence-electron chi connectivity index (χ4n) is 3.16. The molecule has 140 valence electrons. The van der Waals surface area contributed by atoms with Gasteiger partial charge in [-0.25, -0.2) is 0 Å². The third-order valence-corrected chi connectivity index (χ3v) is 4.32. The molecule has 2 amide bonds. The van der Waals surface area contributed by atoms with E-state index in [9.17, 15) is 9.59 Å². The van der Waals surface area contributed by atoms with Crippen molar-refractivity contribution in [1.29, 1.82) is 0 Å². The molecule has 0 radical (unpaired) electrons. The maximum absolute atomic E-state index is 12.6. The number of carbonyl (C=O) groups excluding carboxylic acids is 2. The summed E-state index contributed by atoms with van der Waals surface area (Å²) in [5.41, 5.74) is 1.33. The summed E-state index contributed by atoms with van der Waals surface area (Å²) < 4.78 is 7.03. The van der Waals surface area contributed by atoms with Gasteiger partial charge in [-0.2, -0.15) is 5.10 Å². The summed E-state index contributed by atoms with van der Waals surface area (Å²) in [6, 6.07) is 1.52. The van der Waals surface area contributed by atoms with Gasteiger partial charge in [-0.15, -0.1) is 0 Å². The molecule has 0 unspecified atom stereocenters. The average molecular weight is 351 g/mol. The Hall–Kier alpha value is -1.93. The second-order valence-corrected chi connectivity index (χ2v) is 6.35. The lowest BCUT2D eigenvalue weighted by Crippen LogP contribution is -2.41. The van der Waals surface area contributed by atoms with Gasteiger partial charge in [0.2, 0.25) is 5.91 Å². The molecule has 0 aliphatic carbocycles. The molecule has 0 saturated carbocycles. The molecule has 2 atom stereocenters. The van der Waals surface area contributed by atoms with Crippen molar-refractivity contribution in [1.82, 2.24) is 25.3 Å². The smallest absolute Gasteiger partial charge is 0.269 e. The molecule has 2 rings (SSSR count). The molecular weight excluding hydrogens is 322 g/mol. The number of likely N-dealkylation sites (tertiary alicyclic amines) is 1. The van der Waals surface area contributed by atoms with E-state index in [1.165, 1.54) is 0 Å². The van der Waals surface area contributed by atoms with Crippen LogP contribution in [0.3, 0.4) is 0 Å². The zero-order valence-electron chi connectivity index (χ0n) is 15.5. The first-order valence-corrected chi connectivity index (χ1v) is 8.87. The molecule has 8 nitrogen and oxygen atoms in total. The summed E-state index contributed by atoms with van der Waals surface area (Å²) in [7, 11) is 1.91. The van der Waals surface area contributed by atoms with Crippen LogP contribution in [0.25, 0.3) is 0 Å². The van der Waals surface area contributed by atoms with Crippen molar-refractivity contribution in [3.05, 3.63) is 17.5 Å². The van der Waals surface area contributed by atoms with Gasteiger partial charge in [-0.05, 0) is 40.3 Å². The van der Waals surface area contributed by atoms with E-state index in [4.69, 9.17) is 4.74 Å². The Morgan fingerprint density at radius 2 is 2.16 bits per heavy atom. The molecule has 2 N–H and O–H groups in total. The van der Waals surface area contributed by atoms with Crippen LogP contribution in [-0.2, 0) is 16.1 Å². The van der Waals surface area contributed by atoms with Gasteiger partial charge in [0.1, 0.15) is 5.69 Å². The summed E-state index contributed by atoms with van der Waals surface area (Å²) in [6.07, 6.45) is 0.611. The van der Waals surface area contributed by atoms with E-state index in [0.29, 0.717) is 45.0 Å².